The van der Waals surface area contributed by atoms with Crippen LogP contribution in [0.2, 0.25) is 0 Å². The van der Waals surface area contributed by atoms with Crippen LogP contribution < -0.4 is 0 Å². The average Bonchev–Trinajstić information content (AvgIpc) is 3.97. The van der Waals surface area contributed by atoms with Crippen LogP contribution in [0.3, 0.4) is 0 Å². The van der Waals surface area contributed by atoms with E-state index < -0.39 is 0 Å². The van der Waals surface area contributed by atoms with Gasteiger partial charge in [-0.05, 0) is 70.8 Å². The van der Waals surface area contributed by atoms with Gasteiger partial charge in [-0.1, -0.05) is 127 Å². The number of thiophene rings is 1. The molecule has 0 atom stereocenters. The number of nitrogens with zero attached hydrogens (tertiary/aromatic N) is 3. The maximum absolute atomic E-state index is 6.70. The number of hydrogen-bond donors (Lipinski definition) is 0. The molecule has 0 saturated heterocycles. The van der Waals surface area contributed by atoms with Gasteiger partial charge in [0.15, 0.2) is 17.5 Å². The molecule has 0 bridgehead atoms. The maximum atomic E-state index is 6.70. The molecule has 8 aromatic carbocycles. The Kier molecular flexibility index (Phi) is 7.03. The summed E-state index contributed by atoms with van der Waals surface area (Å²) in [5.41, 5.74) is 10.5. The summed E-state index contributed by atoms with van der Waals surface area (Å²) < 4.78 is 15.8. The van der Waals surface area contributed by atoms with Crippen molar-refractivity contribution in [2.75, 3.05) is 0 Å². The molecular weight excluding hydrogens is 719 g/mol. The van der Waals surface area contributed by atoms with Gasteiger partial charge in [0.1, 0.15) is 22.3 Å². The number of aromatic nitrogens is 3. The first-order valence-corrected chi connectivity index (χ1v) is 19.7. The third kappa shape index (κ3) is 5.19. The standard InChI is InChI=1S/C51H29N3O2S/c1-3-12-30(13-4-1)49-52-50(31-14-5-2-6-15-31)54-51(53-49)33-23-25-37-36-24-22-32(27-43(36)56-44(37)28-33)41-26-34(29-45-47(41)40-17-7-9-20-42(40)55-45)35-18-11-19-39-38-16-8-10-21-46(38)57-48(35)39/h1-29H. The fourth-order valence-electron chi connectivity index (χ4n) is 8.23. The number of para-hydroxylation sites is 1. The van der Waals surface area contributed by atoms with E-state index in [9.17, 15) is 0 Å². The molecule has 57 heavy (non-hydrogen) atoms. The SMILES string of the molecule is c1ccc(-c2nc(-c3ccccc3)nc(-c3ccc4c(c3)oc3cc(-c5cc(-c6cccc7c6sc6ccccc67)cc6oc7ccccc7c56)ccc34)n2)cc1. The van der Waals surface area contributed by atoms with Gasteiger partial charge in [-0.2, -0.15) is 0 Å². The molecule has 0 aliphatic carbocycles. The molecule has 0 unspecified atom stereocenters. The third-order valence-corrected chi connectivity index (χ3v) is 12.2. The molecule has 0 radical (unpaired) electrons. The highest BCUT2D eigenvalue weighted by Gasteiger charge is 2.20. The smallest absolute Gasteiger partial charge is 0.164 e. The molecule has 0 N–H and O–H groups in total. The van der Waals surface area contributed by atoms with Crippen LogP contribution >= 0.6 is 11.3 Å². The summed E-state index contributed by atoms with van der Waals surface area (Å²) in [5.74, 6) is 1.83. The molecule has 0 saturated carbocycles. The Morgan fingerprint density at radius 1 is 0.333 bits per heavy atom. The minimum Gasteiger partial charge on any atom is -0.456 e. The van der Waals surface area contributed by atoms with Gasteiger partial charge in [0.2, 0.25) is 0 Å². The van der Waals surface area contributed by atoms with Crippen LogP contribution in [0.25, 0.3) is 120 Å². The topological polar surface area (TPSA) is 65.0 Å². The highest BCUT2D eigenvalue weighted by molar-refractivity contribution is 7.26. The maximum Gasteiger partial charge on any atom is 0.164 e. The van der Waals surface area contributed by atoms with Crippen molar-refractivity contribution in [2.24, 2.45) is 0 Å². The summed E-state index contributed by atoms with van der Waals surface area (Å²) in [5, 5.41) is 6.81. The van der Waals surface area contributed by atoms with E-state index in [2.05, 4.69) is 97.1 Å². The first-order chi connectivity index (χ1) is 28.2. The van der Waals surface area contributed by atoms with Crippen molar-refractivity contribution in [3.05, 3.63) is 176 Å². The van der Waals surface area contributed by atoms with E-state index >= 15 is 0 Å². The Bertz CT molecular complexity index is 3470. The summed E-state index contributed by atoms with van der Waals surface area (Å²) in [4.78, 5) is 14.8. The second-order valence-electron chi connectivity index (χ2n) is 14.3. The van der Waals surface area contributed by atoms with Crippen molar-refractivity contribution < 1.29 is 8.83 Å². The zero-order chi connectivity index (χ0) is 37.5. The zero-order valence-corrected chi connectivity index (χ0v) is 31.1. The van der Waals surface area contributed by atoms with Crippen molar-refractivity contribution in [3.63, 3.8) is 0 Å². The van der Waals surface area contributed by atoms with E-state index in [1.54, 1.807) is 0 Å². The second kappa shape index (κ2) is 12.6. The number of hydrogen-bond acceptors (Lipinski definition) is 6. The summed E-state index contributed by atoms with van der Waals surface area (Å²) in [6, 6.07) is 60.9. The first-order valence-electron chi connectivity index (χ1n) is 18.9. The van der Waals surface area contributed by atoms with Crippen molar-refractivity contribution in [2.45, 2.75) is 0 Å². The van der Waals surface area contributed by atoms with Crippen LogP contribution in [0.5, 0.6) is 0 Å². The monoisotopic (exact) mass is 747 g/mol. The molecule has 0 amide bonds. The van der Waals surface area contributed by atoms with Crippen LogP contribution in [-0.4, -0.2) is 15.0 Å². The third-order valence-electron chi connectivity index (χ3n) is 10.9. The molecule has 4 heterocycles. The van der Waals surface area contributed by atoms with Crippen LogP contribution in [0, 0.1) is 0 Å². The van der Waals surface area contributed by atoms with E-state index in [1.807, 2.05) is 90.2 Å². The number of furan rings is 2. The van der Waals surface area contributed by atoms with Crippen LogP contribution in [-0.2, 0) is 0 Å². The Labute approximate surface area is 330 Å². The number of benzene rings is 8. The Morgan fingerprint density at radius 3 is 1.63 bits per heavy atom. The molecular formula is C51H29N3O2S. The molecule has 0 aliphatic rings. The minimum absolute atomic E-state index is 0.588. The molecule has 0 spiro atoms. The van der Waals surface area contributed by atoms with Crippen LogP contribution in [0.1, 0.15) is 0 Å². The summed E-state index contributed by atoms with van der Waals surface area (Å²) in [7, 11) is 0. The van der Waals surface area contributed by atoms with Gasteiger partial charge in [0.25, 0.3) is 0 Å². The summed E-state index contributed by atoms with van der Waals surface area (Å²) in [6.07, 6.45) is 0. The highest BCUT2D eigenvalue weighted by Crippen LogP contribution is 2.45. The normalized spacial score (nSPS) is 11.9. The van der Waals surface area contributed by atoms with Gasteiger partial charge in [-0.25, -0.2) is 15.0 Å². The Balaban J connectivity index is 1.02. The molecule has 266 valence electrons. The predicted octanol–water partition coefficient (Wildman–Crippen LogP) is 14.4. The van der Waals surface area contributed by atoms with Gasteiger partial charge >= 0.3 is 0 Å². The fourth-order valence-corrected chi connectivity index (χ4v) is 9.47. The van der Waals surface area contributed by atoms with E-state index in [0.717, 1.165) is 77.3 Å². The summed E-state index contributed by atoms with van der Waals surface area (Å²) >= 11 is 1.84. The van der Waals surface area contributed by atoms with Crippen LogP contribution in [0.15, 0.2) is 185 Å². The summed E-state index contributed by atoms with van der Waals surface area (Å²) in [6.45, 7) is 0. The molecule has 6 heteroatoms. The van der Waals surface area contributed by atoms with E-state index in [1.165, 1.54) is 25.7 Å². The van der Waals surface area contributed by atoms with Crippen LogP contribution in [0.4, 0.5) is 0 Å². The second-order valence-corrected chi connectivity index (χ2v) is 15.4. The largest absolute Gasteiger partial charge is 0.456 e. The predicted molar refractivity (Wildman–Crippen MR) is 234 cm³/mol. The molecule has 0 aliphatic heterocycles. The average molecular weight is 748 g/mol. The van der Waals surface area contributed by atoms with Crippen molar-refractivity contribution in [3.8, 4) is 56.4 Å². The minimum atomic E-state index is 0.588. The molecule has 5 nitrogen and oxygen atoms in total. The Morgan fingerprint density at radius 2 is 0.895 bits per heavy atom. The molecule has 0 fully saturated rings. The Hall–Kier alpha value is -7.41. The number of rotatable bonds is 5. The van der Waals surface area contributed by atoms with Crippen molar-refractivity contribution in [1.82, 2.24) is 15.0 Å². The van der Waals surface area contributed by atoms with Gasteiger partial charge < -0.3 is 8.83 Å². The quantitative estimate of drug-likeness (QED) is 0.175. The fraction of sp³-hybridized carbons (Fsp3) is 0. The zero-order valence-electron chi connectivity index (χ0n) is 30.3. The lowest BCUT2D eigenvalue weighted by Gasteiger charge is -2.10. The van der Waals surface area contributed by atoms with E-state index in [0.29, 0.717) is 17.5 Å². The van der Waals surface area contributed by atoms with E-state index in [-0.39, 0.29) is 0 Å². The van der Waals surface area contributed by atoms with Crippen molar-refractivity contribution >= 4 is 75.4 Å². The highest BCUT2D eigenvalue weighted by atomic mass is 32.1. The lowest BCUT2D eigenvalue weighted by Crippen LogP contribution is -2.00. The lowest BCUT2D eigenvalue weighted by atomic mass is 9.93. The molecule has 12 aromatic rings. The van der Waals surface area contributed by atoms with Crippen molar-refractivity contribution in [1.29, 1.82) is 0 Å². The number of fused-ring (bicyclic) bond motifs is 9. The van der Waals surface area contributed by atoms with Gasteiger partial charge in [-0.15, -0.1) is 11.3 Å². The molecule has 4 aromatic heterocycles. The van der Waals surface area contributed by atoms with E-state index in [4.69, 9.17) is 23.8 Å². The van der Waals surface area contributed by atoms with Gasteiger partial charge in [0.05, 0.1) is 0 Å². The molecule has 12 rings (SSSR count). The first kappa shape index (κ1) is 31.9. The van der Waals surface area contributed by atoms with Gasteiger partial charge in [0, 0.05) is 58.4 Å². The van der Waals surface area contributed by atoms with Gasteiger partial charge in [-0.3, -0.25) is 0 Å². The lowest BCUT2D eigenvalue weighted by molar-refractivity contribution is 0.668.